The monoisotopic (exact) mass is 257 g/mol. The van der Waals surface area contributed by atoms with E-state index in [9.17, 15) is 4.79 Å². The van der Waals surface area contributed by atoms with Crippen molar-refractivity contribution in [3.8, 4) is 0 Å². The fourth-order valence-electron chi connectivity index (χ4n) is 1.88. The molecule has 1 fully saturated rings. The molecule has 1 saturated heterocycles. The molecule has 96 valence electrons. The second kappa shape index (κ2) is 6.90. The van der Waals surface area contributed by atoms with Crippen molar-refractivity contribution < 1.29 is 4.74 Å². The number of aromatic amines is 1. The Kier molecular flexibility index (Phi) is 5.18. The maximum Gasteiger partial charge on any atom is 0.304 e. The van der Waals surface area contributed by atoms with E-state index in [1.54, 1.807) is 0 Å². The van der Waals surface area contributed by atoms with E-state index in [2.05, 4.69) is 15.6 Å². The summed E-state index contributed by atoms with van der Waals surface area (Å²) in [6.07, 6.45) is 2.63. The van der Waals surface area contributed by atoms with Gasteiger partial charge in [0.05, 0.1) is 12.7 Å². The molecule has 0 bridgehead atoms. The topological polar surface area (TPSA) is 66.2 Å². The van der Waals surface area contributed by atoms with Crippen LogP contribution >= 0.6 is 11.3 Å². The first-order valence-electron chi connectivity index (χ1n) is 6.04. The number of piperidine rings is 1. The van der Waals surface area contributed by atoms with E-state index in [-0.39, 0.29) is 4.87 Å². The number of hydrogen-bond donors (Lipinski definition) is 3. The predicted molar refractivity (Wildman–Crippen MR) is 68.5 cm³/mol. The van der Waals surface area contributed by atoms with Crippen molar-refractivity contribution in [1.82, 2.24) is 15.6 Å². The Labute approximate surface area is 105 Å². The lowest BCUT2D eigenvalue weighted by Gasteiger charge is -2.22. The Bertz CT molecular complexity index is 371. The summed E-state index contributed by atoms with van der Waals surface area (Å²) in [5.74, 6) is 0. The first-order chi connectivity index (χ1) is 8.34. The number of nitrogens with one attached hydrogen (secondary N) is 3. The number of aromatic nitrogens is 1. The predicted octanol–water partition coefficient (Wildman–Crippen LogP) is 0.295. The average Bonchev–Trinajstić information content (AvgIpc) is 2.76. The van der Waals surface area contributed by atoms with Gasteiger partial charge in [-0.3, -0.25) is 4.79 Å². The van der Waals surface area contributed by atoms with E-state index in [1.165, 1.54) is 11.3 Å². The van der Waals surface area contributed by atoms with Gasteiger partial charge in [0, 0.05) is 24.2 Å². The second-order valence-corrected chi connectivity index (χ2v) is 5.01. The molecule has 1 aliphatic heterocycles. The molecule has 0 aromatic carbocycles. The lowest BCUT2D eigenvalue weighted by atomic mass is 10.1. The zero-order valence-electron chi connectivity index (χ0n) is 9.83. The van der Waals surface area contributed by atoms with Gasteiger partial charge in [0.1, 0.15) is 0 Å². The maximum atomic E-state index is 10.9. The van der Waals surface area contributed by atoms with E-state index < -0.39 is 0 Å². The number of ether oxygens (including phenoxy) is 1. The summed E-state index contributed by atoms with van der Waals surface area (Å²) in [6.45, 7) is 4.39. The Morgan fingerprint density at radius 2 is 2.29 bits per heavy atom. The Hall–Kier alpha value is -0.690. The van der Waals surface area contributed by atoms with Crippen LogP contribution in [0.5, 0.6) is 0 Å². The molecule has 3 N–H and O–H groups in total. The SMILES string of the molecule is O=c1[nH]c(CNCCOC2CCNCC2)cs1. The van der Waals surface area contributed by atoms with Crippen molar-refractivity contribution in [3.05, 3.63) is 20.7 Å². The minimum Gasteiger partial charge on any atom is -0.377 e. The Morgan fingerprint density at radius 1 is 1.47 bits per heavy atom. The molecule has 1 aromatic rings. The van der Waals surface area contributed by atoms with Crippen LogP contribution in [0.4, 0.5) is 0 Å². The molecule has 0 radical (unpaired) electrons. The van der Waals surface area contributed by atoms with Gasteiger partial charge in [0.25, 0.3) is 0 Å². The van der Waals surface area contributed by atoms with Crippen LogP contribution in [0, 0.1) is 0 Å². The van der Waals surface area contributed by atoms with Crippen molar-refractivity contribution in [2.75, 3.05) is 26.2 Å². The van der Waals surface area contributed by atoms with Gasteiger partial charge in [-0.2, -0.15) is 0 Å². The minimum atomic E-state index is 0.00718. The van der Waals surface area contributed by atoms with Gasteiger partial charge in [-0.1, -0.05) is 11.3 Å². The van der Waals surface area contributed by atoms with Crippen LogP contribution in [-0.4, -0.2) is 37.3 Å². The third kappa shape index (κ3) is 4.59. The molecule has 17 heavy (non-hydrogen) atoms. The highest BCUT2D eigenvalue weighted by molar-refractivity contribution is 7.07. The number of hydrogen-bond acceptors (Lipinski definition) is 5. The van der Waals surface area contributed by atoms with Crippen LogP contribution in [0.3, 0.4) is 0 Å². The lowest BCUT2D eigenvalue weighted by molar-refractivity contribution is 0.0347. The smallest absolute Gasteiger partial charge is 0.304 e. The molecular weight excluding hydrogens is 238 g/mol. The van der Waals surface area contributed by atoms with Crippen molar-refractivity contribution >= 4 is 11.3 Å². The third-order valence-corrected chi connectivity index (χ3v) is 3.52. The second-order valence-electron chi connectivity index (χ2n) is 4.17. The molecule has 0 saturated carbocycles. The first-order valence-corrected chi connectivity index (χ1v) is 6.92. The molecule has 5 nitrogen and oxygen atoms in total. The summed E-state index contributed by atoms with van der Waals surface area (Å²) in [5, 5.41) is 8.41. The van der Waals surface area contributed by atoms with Crippen molar-refractivity contribution in [1.29, 1.82) is 0 Å². The Balaban J connectivity index is 1.52. The molecule has 2 heterocycles. The van der Waals surface area contributed by atoms with Gasteiger partial charge in [-0.05, 0) is 25.9 Å². The van der Waals surface area contributed by atoms with Gasteiger partial charge >= 0.3 is 4.87 Å². The highest BCUT2D eigenvalue weighted by Crippen LogP contribution is 2.06. The van der Waals surface area contributed by atoms with Crippen LogP contribution < -0.4 is 15.5 Å². The number of rotatable bonds is 6. The van der Waals surface area contributed by atoms with Crippen LogP contribution in [0.2, 0.25) is 0 Å². The molecule has 0 unspecified atom stereocenters. The summed E-state index contributed by atoms with van der Waals surface area (Å²) < 4.78 is 5.75. The van der Waals surface area contributed by atoms with Gasteiger partial charge in [-0.25, -0.2) is 0 Å². The number of H-pyrrole nitrogens is 1. The van der Waals surface area contributed by atoms with Gasteiger partial charge < -0.3 is 20.4 Å². The largest absolute Gasteiger partial charge is 0.377 e. The van der Waals surface area contributed by atoms with Crippen LogP contribution in [0.15, 0.2) is 10.2 Å². The average molecular weight is 257 g/mol. The lowest BCUT2D eigenvalue weighted by Crippen LogP contribution is -2.33. The van der Waals surface area contributed by atoms with Crippen LogP contribution in [0.1, 0.15) is 18.5 Å². The molecule has 0 aliphatic carbocycles. The van der Waals surface area contributed by atoms with Crippen molar-refractivity contribution in [3.63, 3.8) is 0 Å². The summed E-state index contributed by atoms with van der Waals surface area (Å²) in [4.78, 5) is 13.7. The van der Waals surface area contributed by atoms with E-state index >= 15 is 0 Å². The molecule has 0 amide bonds. The fraction of sp³-hybridized carbons (Fsp3) is 0.727. The third-order valence-electron chi connectivity index (χ3n) is 2.80. The summed E-state index contributed by atoms with van der Waals surface area (Å²) in [5.41, 5.74) is 0.946. The van der Waals surface area contributed by atoms with Crippen molar-refractivity contribution in [2.24, 2.45) is 0 Å². The van der Waals surface area contributed by atoms with Gasteiger partial charge in [-0.15, -0.1) is 0 Å². The van der Waals surface area contributed by atoms with Gasteiger partial charge in [0.15, 0.2) is 0 Å². The molecule has 1 aromatic heterocycles. The molecular formula is C11H19N3O2S. The van der Waals surface area contributed by atoms with E-state index in [0.717, 1.165) is 44.8 Å². The van der Waals surface area contributed by atoms with Crippen LogP contribution in [-0.2, 0) is 11.3 Å². The zero-order chi connectivity index (χ0) is 11.9. The summed E-state index contributed by atoms with van der Waals surface area (Å²) in [7, 11) is 0. The summed E-state index contributed by atoms with van der Waals surface area (Å²) >= 11 is 1.20. The normalized spacial score (nSPS) is 17.4. The summed E-state index contributed by atoms with van der Waals surface area (Å²) in [6, 6.07) is 0. The molecule has 0 atom stereocenters. The van der Waals surface area contributed by atoms with Gasteiger partial charge in [0.2, 0.25) is 0 Å². The van der Waals surface area contributed by atoms with E-state index in [0.29, 0.717) is 12.6 Å². The fourth-order valence-corrected chi connectivity index (χ4v) is 2.47. The maximum absolute atomic E-state index is 10.9. The highest BCUT2D eigenvalue weighted by atomic mass is 32.1. The Morgan fingerprint density at radius 3 is 3.00 bits per heavy atom. The minimum absolute atomic E-state index is 0.00718. The first kappa shape index (κ1) is 12.8. The van der Waals surface area contributed by atoms with Crippen LogP contribution in [0.25, 0.3) is 0 Å². The number of thiazole rings is 1. The quantitative estimate of drug-likeness (QED) is 0.641. The zero-order valence-corrected chi connectivity index (χ0v) is 10.6. The molecule has 0 spiro atoms. The van der Waals surface area contributed by atoms with E-state index in [4.69, 9.17) is 4.74 Å². The standard InChI is InChI=1S/C11H19N3O2S/c15-11-14-9(8-17-11)7-13-5-6-16-10-1-3-12-4-2-10/h8,10,12-13H,1-7H2,(H,14,15). The molecule has 6 heteroatoms. The highest BCUT2D eigenvalue weighted by Gasteiger charge is 2.12. The van der Waals surface area contributed by atoms with Crippen molar-refractivity contribution in [2.45, 2.75) is 25.5 Å². The van der Waals surface area contributed by atoms with E-state index in [1.807, 2.05) is 5.38 Å². The molecule has 1 aliphatic rings. The molecule has 2 rings (SSSR count).